The van der Waals surface area contributed by atoms with E-state index < -0.39 is 6.10 Å². The number of ether oxygens (including phenoxy) is 2. The first kappa shape index (κ1) is 21.9. The molecule has 0 bridgehead atoms. The first-order valence-electron chi connectivity index (χ1n) is 9.96. The molecule has 2 rings (SSSR count). The summed E-state index contributed by atoms with van der Waals surface area (Å²) in [4.78, 5) is 24.3. The Labute approximate surface area is 168 Å². The average molecular weight is 385 g/mol. The van der Waals surface area contributed by atoms with Crippen molar-refractivity contribution < 1.29 is 19.1 Å². The van der Waals surface area contributed by atoms with Gasteiger partial charge in [0, 0.05) is 18.8 Å². The molecular weight excluding hydrogens is 352 g/mol. The summed E-state index contributed by atoms with van der Waals surface area (Å²) in [5.41, 5.74) is 2.51. The zero-order valence-electron chi connectivity index (χ0n) is 17.7. The minimum Gasteiger partial charge on any atom is -0.458 e. The first-order chi connectivity index (χ1) is 13.2. The molecule has 2 atom stereocenters. The maximum Gasteiger partial charge on any atom is 0.338 e. The summed E-state index contributed by atoms with van der Waals surface area (Å²) in [5.74, 6) is -0.647. The van der Waals surface area contributed by atoms with Gasteiger partial charge in [-0.15, -0.1) is 0 Å². The van der Waals surface area contributed by atoms with Gasteiger partial charge in [-0.05, 0) is 56.9 Å². The van der Waals surface area contributed by atoms with E-state index in [0.29, 0.717) is 12.0 Å². The van der Waals surface area contributed by atoms with Crippen molar-refractivity contribution in [3.05, 3.63) is 59.2 Å². The summed E-state index contributed by atoms with van der Waals surface area (Å²) < 4.78 is 11.5. The molecule has 0 saturated heterocycles. The molecule has 0 radical (unpaired) electrons. The Morgan fingerprint density at radius 2 is 1.75 bits per heavy atom. The van der Waals surface area contributed by atoms with Gasteiger partial charge >= 0.3 is 11.9 Å². The topological polar surface area (TPSA) is 52.6 Å². The fourth-order valence-electron chi connectivity index (χ4n) is 3.42. The second-order valence-corrected chi connectivity index (χ2v) is 8.33. The fraction of sp³-hybridized carbons (Fsp3) is 0.500. The van der Waals surface area contributed by atoms with E-state index in [1.165, 1.54) is 12.5 Å². The number of rotatable bonds is 3. The van der Waals surface area contributed by atoms with Crippen LogP contribution in [0.4, 0.5) is 0 Å². The predicted molar refractivity (Wildman–Crippen MR) is 111 cm³/mol. The van der Waals surface area contributed by atoms with E-state index in [0.717, 1.165) is 24.8 Å². The SMILES string of the molecule is CC(=O)O[C@H]1/C=C(/C)[C@H](OC(=O)c2ccccc2)C/C=C(\C)CCCC1(C)C. The number of carbonyl (C=O) groups is 2. The molecule has 0 aliphatic heterocycles. The van der Waals surface area contributed by atoms with Crippen LogP contribution in [-0.2, 0) is 14.3 Å². The van der Waals surface area contributed by atoms with Crippen LogP contribution in [-0.4, -0.2) is 24.1 Å². The smallest absolute Gasteiger partial charge is 0.338 e. The summed E-state index contributed by atoms with van der Waals surface area (Å²) in [6, 6.07) is 9.00. The van der Waals surface area contributed by atoms with E-state index in [-0.39, 0.29) is 23.5 Å². The minimum absolute atomic E-state index is 0.203. The highest BCUT2D eigenvalue weighted by molar-refractivity contribution is 5.89. The Kier molecular flexibility index (Phi) is 7.61. The lowest BCUT2D eigenvalue weighted by molar-refractivity contribution is -0.149. The van der Waals surface area contributed by atoms with Crippen molar-refractivity contribution in [3.63, 3.8) is 0 Å². The highest BCUT2D eigenvalue weighted by Gasteiger charge is 2.31. The molecule has 0 saturated carbocycles. The summed E-state index contributed by atoms with van der Waals surface area (Å²) in [6.45, 7) is 9.72. The van der Waals surface area contributed by atoms with Crippen LogP contribution in [0.1, 0.15) is 70.7 Å². The zero-order valence-corrected chi connectivity index (χ0v) is 17.7. The quantitative estimate of drug-likeness (QED) is 0.500. The largest absolute Gasteiger partial charge is 0.458 e. The number of benzene rings is 1. The van der Waals surface area contributed by atoms with Gasteiger partial charge in [-0.3, -0.25) is 4.79 Å². The van der Waals surface area contributed by atoms with E-state index in [9.17, 15) is 9.59 Å². The molecule has 1 aromatic carbocycles. The number of esters is 2. The van der Waals surface area contributed by atoms with Gasteiger partial charge in [-0.25, -0.2) is 4.79 Å². The average Bonchev–Trinajstić information content (AvgIpc) is 2.65. The second-order valence-electron chi connectivity index (χ2n) is 8.33. The number of hydrogen-bond acceptors (Lipinski definition) is 4. The van der Waals surface area contributed by atoms with Crippen molar-refractivity contribution in [3.8, 4) is 0 Å². The van der Waals surface area contributed by atoms with Gasteiger partial charge in [0.05, 0.1) is 5.56 Å². The Hall–Kier alpha value is -2.36. The third kappa shape index (κ3) is 6.36. The van der Waals surface area contributed by atoms with E-state index in [4.69, 9.17) is 9.47 Å². The van der Waals surface area contributed by atoms with E-state index >= 15 is 0 Å². The first-order valence-corrected chi connectivity index (χ1v) is 9.96. The molecule has 0 unspecified atom stereocenters. The molecule has 1 aliphatic carbocycles. The van der Waals surface area contributed by atoms with Crippen LogP contribution in [0.3, 0.4) is 0 Å². The molecule has 0 heterocycles. The van der Waals surface area contributed by atoms with E-state index in [1.54, 1.807) is 12.1 Å². The lowest BCUT2D eigenvalue weighted by atomic mass is 9.80. The molecule has 0 amide bonds. The fourth-order valence-corrected chi connectivity index (χ4v) is 3.42. The van der Waals surface area contributed by atoms with Crippen LogP contribution < -0.4 is 0 Å². The lowest BCUT2D eigenvalue weighted by Crippen LogP contribution is -2.33. The Balaban J connectivity index is 2.33. The summed E-state index contributed by atoms with van der Waals surface area (Å²) >= 11 is 0. The van der Waals surface area contributed by atoms with Gasteiger partial charge in [-0.2, -0.15) is 0 Å². The second kappa shape index (κ2) is 9.72. The van der Waals surface area contributed by atoms with Crippen LogP contribution >= 0.6 is 0 Å². The van der Waals surface area contributed by atoms with Crippen molar-refractivity contribution in [2.24, 2.45) is 5.41 Å². The monoisotopic (exact) mass is 384 g/mol. The molecule has 152 valence electrons. The molecule has 4 heteroatoms. The van der Waals surface area contributed by atoms with Gasteiger partial charge in [-0.1, -0.05) is 43.7 Å². The van der Waals surface area contributed by atoms with Crippen LogP contribution in [0.2, 0.25) is 0 Å². The van der Waals surface area contributed by atoms with E-state index in [1.807, 2.05) is 31.2 Å². The van der Waals surface area contributed by atoms with Crippen LogP contribution in [0.25, 0.3) is 0 Å². The Bertz CT molecular complexity index is 743. The Morgan fingerprint density at radius 1 is 1.07 bits per heavy atom. The van der Waals surface area contributed by atoms with Crippen molar-refractivity contribution >= 4 is 11.9 Å². The molecule has 0 fully saturated rings. The third-order valence-electron chi connectivity index (χ3n) is 5.32. The van der Waals surface area contributed by atoms with Gasteiger partial charge in [0.2, 0.25) is 0 Å². The molecule has 0 N–H and O–H groups in total. The zero-order chi connectivity index (χ0) is 20.7. The Morgan fingerprint density at radius 3 is 2.39 bits per heavy atom. The molecule has 0 aromatic heterocycles. The van der Waals surface area contributed by atoms with Crippen molar-refractivity contribution in [2.75, 3.05) is 0 Å². The lowest BCUT2D eigenvalue weighted by Gasteiger charge is -2.32. The van der Waals surface area contributed by atoms with Gasteiger partial charge in [0.1, 0.15) is 12.2 Å². The number of hydrogen-bond donors (Lipinski definition) is 0. The molecule has 1 aromatic rings. The highest BCUT2D eigenvalue weighted by atomic mass is 16.5. The minimum atomic E-state index is -0.394. The molecule has 0 spiro atoms. The number of allylic oxidation sites excluding steroid dienone is 1. The predicted octanol–water partition coefficient (Wildman–Crippen LogP) is 5.64. The normalized spacial score (nSPS) is 26.6. The molecular formula is C24H32O4. The molecule has 28 heavy (non-hydrogen) atoms. The van der Waals surface area contributed by atoms with Crippen LogP contribution in [0, 0.1) is 5.41 Å². The number of carbonyl (C=O) groups excluding carboxylic acids is 2. The maximum absolute atomic E-state index is 12.6. The summed E-state index contributed by atoms with van der Waals surface area (Å²) in [6.07, 6.45) is 6.91. The maximum atomic E-state index is 12.6. The highest BCUT2D eigenvalue weighted by Crippen LogP contribution is 2.34. The van der Waals surface area contributed by atoms with E-state index in [2.05, 4.69) is 26.8 Å². The van der Waals surface area contributed by atoms with Crippen LogP contribution in [0.15, 0.2) is 53.6 Å². The van der Waals surface area contributed by atoms with Crippen LogP contribution in [0.5, 0.6) is 0 Å². The molecule has 1 aliphatic rings. The van der Waals surface area contributed by atoms with Crippen molar-refractivity contribution in [2.45, 2.75) is 72.5 Å². The van der Waals surface area contributed by atoms with Gasteiger partial charge < -0.3 is 9.47 Å². The van der Waals surface area contributed by atoms with Gasteiger partial charge in [0.25, 0.3) is 0 Å². The summed E-state index contributed by atoms with van der Waals surface area (Å²) in [5, 5.41) is 0. The summed E-state index contributed by atoms with van der Waals surface area (Å²) in [7, 11) is 0. The van der Waals surface area contributed by atoms with Gasteiger partial charge in [0.15, 0.2) is 0 Å². The van der Waals surface area contributed by atoms with Crippen molar-refractivity contribution in [1.82, 2.24) is 0 Å². The standard InChI is InChI=1S/C24H32O4/c1-17-10-9-15-24(4,5)22(27-19(3)25)16-18(2)21(14-13-17)28-23(26)20-11-7-6-8-12-20/h6-8,11-13,16,21-22H,9-10,14-15H2,1-5H3/b17-13+,18-16-/t21-,22+/m1/s1. The third-order valence-corrected chi connectivity index (χ3v) is 5.32. The molecule has 4 nitrogen and oxygen atoms in total. The van der Waals surface area contributed by atoms with Crippen molar-refractivity contribution in [1.29, 1.82) is 0 Å².